The first kappa shape index (κ1) is 32.9. The Bertz CT molecular complexity index is 1420. The Morgan fingerprint density at radius 2 is 1.59 bits per heavy atom. The van der Waals surface area contributed by atoms with Gasteiger partial charge in [0.25, 0.3) is 0 Å². The lowest BCUT2D eigenvalue weighted by atomic mass is 9.56. The molecule has 3 amide bonds. The molecule has 1 aliphatic heterocycles. The van der Waals surface area contributed by atoms with Gasteiger partial charge in [0, 0.05) is 23.8 Å². The molecule has 6 rings (SSSR count). The highest BCUT2D eigenvalue weighted by Gasteiger charge is 2.56. The second-order valence-electron chi connectivity index (χ2n) is 12.6. The third kappa shape index (κ3) is 7.16. The monoisotopic (exact) mass is 632 g/mol. The minimum Gasteiger partial charge on any atom is -0.464 e. The largest absolute Gasteiger partial charge is 0.464 e. The fourth-order valence-electron chi connectivity index (χ4n) is 7.14. The van der Waals surface area contributed by atoms with Gasteiger partial charge in [0.05, 0.1) is 19.2 Å². The minimum absolute atomic E-state index is 0.0144. The maximum atomic E-state index is 14.2. The number of carbonyl (C=O) groups excluding carboxylic acids is 4. The first-order valence-electron chi connectivity index (χ1n) is 16.0. The number of halogens is 1. The lowest BCUT2D eigenvalue weighted by Crippen LogP contribution is -2.63. The fraction of sp³-hybridized carbons (Fsp3) is 0.514. The quantitative estimate of drug-likeness (QED) is 0.362. The molecule has 4 aliphatic rings. The van der Waals surface area contributed by atoms with Crippen molar-refractivity contribution in [1.82, 2.24) is 15.1 Å². The number of nitrogens with zero attached hydrogens (tertiary/aromatic N) is 3. The van der Waals surface area contributed by atoms with Crippen LogP contribution in [0.15, 0.2) is 60.7 Å². The molecule has 3 aliphatic carbocycles. The predicted octanol–water partition coefficient (Wildman–Crippen LogP) is 4.47. The van der Waals surface area contributed by atoms with Crippen molar-refractivity contribution in [3.05, 3.63) is 71.8 Å². The SMILES string of the molecule is CCOC(=O)C(Cc1ccccc1)NC(=O)C12CCC(N(CC(=O)N3CC(F)CC3C#N)C(=O)OCc3ccccc3)(CC1)CC2. The van der Waals surface area contributed by atoms with Crippen molar-refractivity contribution in [3.8, 4) is 6.07 Å². The van der Waals surface area contributed by atoms with Crippen LogP contribution >= 0.6 is 0 Å². The van der Waals surface area contributed by atoms with Gasteiger partial charge in [-0.1, -0.05) is 60.7 Å². The summed E-state index contributed by atoms with van der Waals surface area (Å²) in [5, 5.41) is 12.5. The average molecular weight is 633 g/mol. The number of rotatable bonds is 11. The van der Waals surface area contributed by atoms with Gasteiger partial charge < -0.3 is 19.7 Å². The third-order valence-electron chi connectivity index (χ3n) is 9.86. The summed E-state index contributed by atoms with van der Waals surface area (Å²) in [5.41, 5.74) is 0.218. The molecule has 2 bridgehead atoms. The Morgan fingerprint density at radius 3 is 2.17 bits per heavy atom. The van der Waals surface area contributed by atoms with Crippen LogP contribution in [0.5, 0.6) is 0 Å². The van der Waals surface area contributed by atoms with Crippen molar-refractivity contribution < 1.29 is 33.0 Å². The lowest BCUT2D eigenvalue weighted by molar-refractivity contribution is -0.152. The van der Waals surface area contributed by atoms with Crippen molar-refractivity contribution in [3.63, 3.8) is 0 Å². The molecule has 10 nitrogen and oxygen atoms in total. The van der Waals surface area contributed by atoms with Gasteiger partial charge in [0.1, 0.15) is 31.4 Å². The minimum atomic E-state index is -1.30. The molecular weight excluding hydrogens is 591 g/mol. The molecular formula is C35H41FN4O6. The van der Waals surface area contributed by atoms with Crippen molar-refractivity contribution >= 4 is 23.9 Å². The molecule has 0 aromatic heterocycles. The van der Waals surface area contributed by atoms with Crippen LogP contribution in [0.3, 0.4) is 0 Å². The van der Waals surface area contributed by atoms with E-state index in [-0.39, 0.29) is 38.6 Å². The lowest BCUT2D eigenvalue weighted by Gasteiger charge is -2.56. The molecule has 0 spiro atoms. The van der Waals surface area contributed by atoms with Crippen LogP contribution in [0.2, 0.25) is 0 Å². The van der Waals surface area contributed by atoms with Crippen LogP contribution in [-0.2, 0) is 36.9 Å². The Balaban J connectivity index is 1.31. The van der Waals surface area contributed by atoms with Crippen LogP contribution in [0.25, 0.3) is 0 Å². The van der Waals surface area contributed by atoms with E-state index in [9.17, 15) is 28.8 Å². The summed E-state index contributed by atoms with van der Waals surface area (Å²) in [5.74, 6) is -1.21. The molecule has 0 radical (unpaired) electrons. The van der Waals surface area contributed by atoms with Gasteiger partial charge in [0.2, 0.25) is 11.8 Å². The number of ether oxygens (including phenoxy) is 2. The number of amides is 3. The number of esters is 1. The maximum Gasteiger partial charge on any atom is 0.411 e. The van der Waals surface area contributed by atoms with E-state index < -0.39 is 47.2 Å². The first-order chi connectivity index (χ1) is 22.2. The molecule has 1 saturated heterocycles. The zero-order valence-corrected chi connectivity index (χ0v) is 26.2. The van der Waals surface area contributed by atoms with Crippen LogP contribution in [0, 0.1) is 16.7 Å². The van der Waals surface area contributed by atoms with E-state index in [0.717, 1.165) is 11.1 Å². The summed E-state index contributed by atoms with van der Waals surface area (Å²) < 4.78 is 25.2. The van der Waals surface area contributed by atoms with E-state index in [1.807, 2.05) is 66.7 Å². The first-order valence-corrected chi connectivity index (χ1v) is 16.0. The normalized spacial score (nSPS) is 25.6. The number of benzene rings is 2. The van der Waals surface area contributed by atoms with Crippen molar-refractivity contribution in [2.75, 3.05) is 19.7 Å². The molecule has 4 fully saturated rings. The Hall–Kier alpha value is -4.46. The molecule has 46 heavy (non-hydrogen) atoms. The smallest absolute Gasteiger partial charge is 0.411 e. The molecule has 1 heterocycles. The second-order valence-corrected chi connectivity index (χ2v) is 12.6. The van der Waals surface area contributed by atoms with Gasteiger partial charge in [0.15, 0.2) is 0 Å². The number of alkyl halides is 1. The Labute approximate surface area is 268 Å². The highest BCUT2D eigenvalue weighted by atomic mass is 19.1. The number of hydrogen-bond donors (Lipinski definition) is 1. The summed E-state index contributed by atoms with van der Waals surface area (Å²) in [6.45, 7) is 1.40. The summed E-state index contributed by atoms with van der Waals surface area (Å²) in [7, 11) is 0. The number of hydrogen-bond acceptors (Lipinski definition) is 7. The van der Waals surface area contributed by atoms with Crippen molar-refractivity contribution in [2.24, 2.45) is 5.41 Å². The van der Waals surface area contributed by atoms with Gasteiger partial charge >= 0.3 is 12.1 Å². The molecule has 11 heteroatoms. The average Bonchev–Trinajstić information content (AvgIpc) is 3.48. The van der Waals surface area contributed by atoms with Crippen LogP contribution in [0.4, 0.5) is 9.18 Å². The number of likely N-dealkylation sites (tertiary alicyclic amines) is 1. The number of fused-ring (bicyclic) bond motifs is 3. The Morgan fingerprint density at radius 1 is 0.978 bits per heavy atom. The predicted molar refractivity (Wildman–Crippen MR) is 166 cm³/mol. The number of carbonyl (C=O) groups is 4. The van der Waals surface area contributed by atoms with E-state index in [4.69, 9.17) is 9.47 Å². The molecule has 3 unspecified atom stereocenters. The van der Waals surface area contributed by atoms with Crippen LogP contribution in [0.1, 0.15) is 63.0 Å². The zero-order chi connectivity index (χ0) is 32.7. The topological polar surface area (TPSA) is 129 Å². The van der Waals surface area contributed by atoms with E-state index in [1.54, 1.807) is 6.92 Å². The summed E-state index contributed by atoms with van der Waals surface area (Å²) in [6, 6.07) is 18.9. The van der Waals surface area contributed by atoms with Crippen molar-refractivity contribution in [1.29, 1.82) is 5.26 Å². The fourth-order valence-corrected chi connectivity index (χ4v) is 7.14. The van der Waals surface area contributed by atoms with Gasteiger partial charge in [-0.25, -0.2) is 14.0 Å². The standard InChI is InChI=1S/C35H41FN4O6/c1-2-45-31(42)29(19-25-9-5-3-6-10-25)38-32(43)34-13-16-35(17-14-34,18-15-34)40(33(44)46-24-26-11-7-4-8-12-26)23-30(41)39-22-27(36)20-28(39)21-37/h3-12,27-29H,2,13-20,22-24H2,1H3,(H,38,43). The van der Waals surface area contributed by atoms with E-state index in [2.05, 4.69) is 5.32 Å². The Kier molecular flexibility index (Phi) is 10.2. The van der Waals surface area contributed by atoms with E-state index >= 15 is 0 Å². The molecule has 2 aromatic carbocycles. The zero-order valence-electron chi connectivity index (χ0n) is 26.2. The number of nitriles is 1. The molecule has 244 valence electrons. The van der Waals surface area contributed by atoms with E-state index in [1.165, 1.54) is 9.80 Å². The van der Waals surface area contributed by atoms with Crippen molar-refractivity contribution in [2.45, 2.75) is 88.7 Å². The molecule has 3 atom stereocenters. The van der Waals surface area contributed by atoms with E-state index in [0.29, 0.717) is 44.9 Å². The highest BCUT2D eigenvalue weighted by molar-refractivity contribution is 5.89. The third-order valence-corrected chi connectivity index (χ3v) is 9.86. The van der Waals surface area contributed by atoms with Crippen LogP contribution < -0.4 is 5.32 Å². The summed E-state index contributed by atoms with van der Waals surface area (Å²) >= 11 is 0. The summed E-state index contributed by atoms with van der Waals surface area (Å²) in [6.07, 6.45) is 0.988. The second kappa shape index (κ2) is 14.3. The van der Waals surface area contributed by atoms with Gasteiger partial charge in [-0.3, -0.25) is 14.5 Å². The van der Waals surface area contributed by atoms with Gasteiger partial charge in [-0.05, 0) is 56.6 Å². The maximum absolute atomic E-state index is 14.2. The molecule has 3 saturated carbocycles. The van der Waals surface area contributed by atoms with Crippen LogP contribution in [-0.4, -0.2) is 77.2 Å². The molecule has 1 N–H and O–H groups in total. The van der Waals surface area contributed by atoms with Gasteiger partial charge in [-0.2, -0.15) is 5.26 Å². The van der Waals surface area contributed by atoms with Gasteiger partial charge in [-0.15, -0.1) is 0 Å². The highest BCUT2D eigenvalue weighted by Crippen LogP contribution is 2.55. The number of nitrogens with one attached hydrogen (secondary N) is 1. The summed E-state index contributed by atoms with van der Waals surface area (Å²) in [4.78, 5) is 56.5. The molecule has 2 aromatic rings.